The summed E-state index contributed by atoms with van der Waals surface area (Å²) in [6, 6.07) is 4.67. The van der Waals surface area contributed by atoms with Gasteiger partial charge in [-0.25, -0.2) is 0 Å². The molecule has 4 nitrogen and oxygen atoms in total. The van der Waals surface area contributed by atoms with Crippen molar-refractivity contribution in [1.29, 1.82) is 5.26 Å². The fourth-order valence-electron chi connectivity index (χ4n) is 2.67. The van der Waals surface area contributed by atoms with Crippen LogP contribution >= 0.6 is 0 Å². The van der Waals surface area contributed by atoms with E-state index in [2.05, 4.69) is 21.3 Å². The summed E-state index contributed by atoms with van der Waals surface area (Å²) in [7, 11) is 0. The van der Waals surface area contributed by atoms with Gasteiger partial charge in [-0.2, -0.15) is 5.26 Å². The Kier molecular flexibility index (Phi) is 2.26. The average Bonchev–Trinajstić information content (AvgIpc) is 2.31. The quantitative estimate of drug-likeness (QED) is 0.749. The van der Waals surface area contributed by atoms with Crippen molar-refractivity contribution in [3.05, 3.63) is 24.0 Å². The summed E-state index contributed by atoms with van der Waals surface area (Å²) in [5.41, 5.74) is 1.73. The Hall–Kier alpha value is -1.60. The monoisotopic (exact) mass is 214 g/mol. The predicted octanol–water partition coefficient (Wildman–Crippen LogP) is 0.751. The van der Waals surface area contributed by atoms with Crippen molar-refractivity contribution in [3.63, 3.8) is 0 Å². The molecule has 0 spiro atoms. The van der Waals surface area contributed by atoms with E-state index < -0.39 is 0 Å². The molecule has 0 unspecified atom stereocenters. The first-order valence-electron chi connectivity index (χ1n) is 5.71. The largest absolute Gasteiger partial charge is 0.365 e. The first-order valence-corrected chi connectivity index (χ1v) is 5.71. The van der Waals surface area contributed by atoms with Crippen molar-refractivity contribution in [2.24, 2.45) is 5.92 Å². The SMILES string of the molecule is N#Cc1cncc(N2C[C@@H]3CCNC[C@@H]32)c1. The third-order valence-corrected chi connectivity index (χ3v) is 3.61. The maximum Gasteiger partial charge on any atom is 0.101 e. The fourth-order valence-corrected chi connectivity index (χ4v) is 2.67. The molecule has 0 amide bonds. The van der Waals surface area contributed by atoms with E-state index in [1.165, 1.54) is 6.42 Å². The van der Waals surface area contributed by atoms with Gasteiger partial charge in [0.05, 0.1) is 17.4 Å². The van der Waals surface area contributed by atoms with E-state index in [0.717, 1.165) is 31.2 Å². The number of aromatic nitrogens is 1. The molecular weight excluding hydrogens is 200 g/mol. The first-order chi connectivity index (χ1) is 7.88. The molecule has 2 aliphatic heterocycles. The number of piperidine rings is 1. The Balaban J connectivity index is 1.81. The van der Waals surface area contributed by atoms with Crippen LogP contribution in [0.1, 0.15) is 12.0 Å². The number of nitrogens with zero attached hydrogens (tertiary/aromatic N) is 3. The molecule has 0 saturated carbocycles. The second kappa shape index (κ2) is 3.76. The van der Waals surface area contributed by atoms with E-state index in [4.69, 9.17) is 5.26 Å². The molecule has 3 rings (SSSR count). The van der Waals surface area contributed by atoms with E-state index in [1.807, 2.05) is 12.3 Å². The summed E-state index contributed by atoms with van der Waals surface area (Å²) in [6.45, 7) is 3.32. The van der Waals surface area contributed by atoms with Crippen molar-refractivity contribution in [2.75, 3.05) is 24.5 Å². The maximum atomic E-state index is 8.85. The molecule has 0 bridgehead atoms. The number of hydrogen-bond acceptors (Lipinski definition) is 4. The number of nitrogens with one attached hydrogen (secondary N) is 1. The van der Waals surface area contributed by atoms with Gasteiger partial charge in [0.25, 0.3) is 0 Å². The van der Waals surface area contributed by atoms with Gasteiger partial charge in [-0.1, -0.05) is 0 Å². The number of rotatable bonds is 1. The van der Waals surface area contributed by atoms with Gasteiger partial charge in [-0.05, 0) is 24.9 Å². The number of hydrogen-bond donors (Lipinski definition) is 1. The average molecular weight is 214 g/mol. The molecular formula is C12H14N4. The molecule has 16 heavy (non-hydrogen) atoms. The Bertz CT molecular complexity index is 437. The lowest BCUT2D eigenvalue weighted by Crippen LogP contribution is -2.63. The number of fused-ring (bicyclic) bond motifs is 1. The third kappa shape index (κ3) is 1.44. The molecule has 0 aliphatic carbocycles. The number of anilines is 1. The minimum atomic E-state index is 0.601. The second-order valence-corrected chi connectivity index (χ2v) is 4.52. The van der Waals surface area contributed by atoms with Crippen LogP contribution in [0.15, 0.2) is 18.5 Å². The molecule has 3 heterocycles. The van der Waals surface area contributed by atoms with Crippen LogP contribution in [0, 0.1) is 17.2 Å². The fraction of sp³-hybridized carbons (Fsp3) is 0.500. The summed E-state index contributed by atoms with van der Waals surface area (Å²) < 4.78 is 0. The van der Waals surface area contributed by atoms with Gasteiger partial charge in [0, 0.05) is 25.3 Å². The zero-order chi connectivity index (χ0) is 11.0. The van der Waals surface area contributed by atoms with Crippen molar-refractivity contribution in [2.45, 2.75) is 12.5 Å². The number of pyridine rings is 1. The maximum absolute atomic E-state index is 8.85. The molecule has 2 fully saturated rings. The third-order valence-electron chi connectivity index (χ3n) is 3.61. The van der Waals surface area contributed by atoms with Crippen LogP contribution in [-0.2, 0) is 0 Å². The van der Waals surface area contributed by atoms with Crippen molar-refractivity contribution in [3.8, 4) is 6.07 Å². The van der Waals surface area contributed by atoms with Gasteiger partial charge < -0.3 is 10.2 Å². The van der Waals surface area contributed by atoms with Crippen LogP contribution in [0.5, 0.6) is 0 Å². The van der Waals surface area contributed by atoms with E-state index in [-0.39, 0.29) is 0 Å². The zero-order valence-corrected chi connectivity index (χ0v) is 9.06. The van der Waals surface area contributed by atoms with Crippen LogP contribution in [-0.4, -0.2) is 30.7 Å². The highest BCUT2D eigenvalue weighted by molar-refractivity contribution is 5.52. The standard InChI is InChI=1S/C12H14N4/c13-4-9-3-11(6-15-5-9)16-8-10-1-2-14-7-12(10)16/h3,5-6,10,12,14H,1-2,7-8H2/t10-,12-/m0/s1. The Labute approximate surface area is 94.9 Å². The summed E-state index contributed by atoms with van der Waals surface area (Å²) in [5.74, 6) is 0.826. The molecule has 1 aromatic heterocycles. The van der Waals surface area contributed by atoms with Crippen molar-refractivity contribution in [1.82, 2.24) is 10.3 Å². The lowest BCUT2D eigenvalue weighted by molar-refractivity contribution is 0.229. The van der Waals surface area contributed by atoms with Gasteiger partial charge in [-0.3, -0.25) is 4.98 Å². The Morgan fingerprint density at radius 2 is 2.44 bits per heavy atom. The van der Waals surface area contributed by atoms with Gasteiger partial charge in [-0.15, -0.1) is 0 Å². The molecule has 2 aliphatic rings. The highest BCUT2D eigenvalue weighted by Crippen LogP contribution is 2.34. The van der Waals surface area contributed by atoms with E-state index in [1.54, 1.807) is 6.20 Å². The van der Waals surface area contributed by atoms with E-state index >= 15 is 0 Å². The summed E-state index contributed by atoms with van der Waals surface area (Å²) in [5, 5.41) is 12.3. The number of nitriles is 1. The molecule has 82 valence electrons. The summed E-state index contributed by atoms with van der Waals surface area (Å²) in [6.07, 6.45) is 4.73. The Morgan fingerprint density at radius 1 is 1.50 bits per heavy atom. The lowest BCUT2D eigenvalue weighted by Gasteiger charge is -2.52. The van der Waals surface area contributed by atoms with Gasteiger partial charge in [0.15, 0.2) is 0 Å². The predicted molar refractivity (Wildman–Crippen MR) is 61.1 cm³/mol. The van der Waals surface area contributed by atoms with E-state index in [9.17, 15) is 0 Å². The molecule has 4 heteroatoms. The normalized spacial score (nSPS) is 27.8. The lowest BCUT2D eigenvalue weighted by atomic mass is 9.83. The smallest absolute Gasteiger partial charge is 0.101 e. The Morgan fingerprint density at radius 3 is 3.25 bits per heavy atom. The molecule has 2 atom stereocenters. The molecule has 1 N–H and O–H groups in total. The van der Waals surface area contributed by atoms with Crippen LogP contribution in [0.25, 0.3) is 0 Å². The van der Waals surface area contributed by atoms with Crippen LogP contribution in [0.3, 0.4) is 0 Å². The molecule has 2 saturated heterocycles. The highest BCUT2D eigenvalue weighted by atomic mass is 15.3. The molecule has 0 aromatic carbocycles. The zero-order valence-electron chi connectivity index (χ0n) is 9.06. The van der Waals surface area contributed by atoms with Crippen LogP contribution in [0.2, 0.25) is 0 Å². The first kappa shape index (κ1) is 9.61. The summed E-state index contributed by atoms with van der Waals surface area (Å²) >= 11 is 0. The van der Waals surface area contributed by atoms with Crippen LogP contribution < -0.4 is 10.2 Å². The van der Waals surface area contributed by atoms with E-state index in [0.29, 0.717) is 11.6 Å². The highest BCUT2D eigenvalue weighted by Gasteiger charge is 2.40. The summed E-state index contributed by atoms with van der Waals surface area (Å²) in [4.78, 5) is 6.46. The van der Waals surface area contributed by atoms with Gasteiger partial charge >= 0.3 is 0 Å². The van der Waals surface area contributed by atoms with Crippen molar-refractivity contribution >= 4 is 5.69 Å². The topological polar surface area (TPSA) is 52.0 Å². The van der Waals surface area contributed by atoms with Crippen molar-refractivity contribution < 1.29 is 0 Å². The van der Waals surface area contributed by atoms with Gasteiger partial charge in [0.1, 0.15) is 6.07 Å². The molecule has 0 radical (unpaired) electrons. The minimum absolute atomic E-state index is 0.601. The minimum Gasteiger partial charge on any atom is -0.365 e. The van der Waals surface area contributed by atoms with Crippen LogP contribution in [0.4, 0.5) is 5.69 Å². The second-order valence-electron chi connectivity index (χ2n) is 4.52. The van der Waals surface area contributed by atoms with Gasteiger partial charge in [0.2, 0.25) is 0 Å². The molecule has 1 aromatic rings.